The zero-order valence-corrected chi connectivity index (χ0v) is 12.4. The molecule has 110 valence electrons. The zero-order chi connectivity index (χ0) is 14.8. The Morgan fingerprint density at radius 1 is 1.29 bits per heavy atom. The van der Waals surface area contributed by atoms with E-state index in [9.17, 15) is 4.39 Å². The summed E-state index contributed by atoms with van der Waals surface area (Å²) in [4.78, 5) is 0. The van der Waals surface area contributed by atoms with Crippen LogP contribution in [0.3, 0.4) is 0 Å². The van der Waals surface area contributed by atoms with Gasteiger partial charge in [-0.25, -0.2) is 4.39 Å². The van der Waals surface area contributed by atoms with Gasteiger partial charge in [-0.15, -0.1) is 0 Å². The Kier molecular flexibility index (Phi) is 4.13. The van der Waals surface area contributed by atoms with Crippen LogP contribution in [0.5, 0.6) is 5.75 Å². The Hall–Kier alpha value is -1.58. The number of halogens is 2. The normalized spacial score (nSPS) is 17.4. The molecule has 0 radical (unpaired) electrons. The van der Waals surface area contributed by atoms with Gasteiger partial charge in [0.2, 0.25) is 0 Å². The van der Waals surface area contributed by atoms with Gasteiger partial charge in [0.25, 0.3) is 0 Å². The van der Waals surface area contributed by atoms with Crippen LogP contribution in [0.2, 0.25) is 5.02 Å². The zero-order valence-electron chi connectivity index (χ0n) is 11.6. The van der Waals surface area contributed by atoms with Crippen LogP contribution in [0.1, 0.15) is 35.6 Å². The van der Waals surface area contributed by atoms with Gasteiger partial charge in [0, 0.05) is 11.6 Å². The van der Waals surface area contributed by atoms with Gasteiger partial charge in [-0.05, 0) is 48.6 Å². The predicted molar refractivity (Wildman–Crippen MR) is 82.1 cm³/mol. The van der Waals surface area contributed by atoms with Crippen molar-refractivity contribution < 1.29 is 9.13 Å². The lowest BCUT2D eigenvalue weighted by Gasteiger charge is -2.22. The number of rotatable bonds is 3. The molecule has 1 aliphatic rings. The summed E-state index contributed by atoms with van der Waals surface area (Å²) < 4.78 is 19.5. The highest BCUT2D eigenvalue weighted by atomic mass is 35.5. The predicted octanol–water partition coefficient (Wildman–Crippen LogP) is 4.39. The lowest BCUT2D eigenvalue weighted by molar-refractivity contribution is 0.299. The maximum Gasteiger partial charge on any atom is 0.148 e. The van der Waals surface area contributed by atoms with Crippen LogP contribution in [-0.4, -0.2) is 0 Å². The van der Waals surface area contributed by atoms with E-state index in [1.807, 2.05) is 12.1 Å². The number of nitrogens with two attached hydrogens (primary N) is 1. The van der Waals surface area contributed by atoms with Crippen molar-refractivity contribution >= 4 is 11.6 Å². The molecule has 0 amide bonds. The SMILES string of the molecule is N[C@H]1CCCc2ccc(OCc3cccc(Cl)c3F)cc21. The van der Waals surface area contributed by atoms with Crippen LogP contribution in [0.4, 0.5) is 4.39 Å². The summed E-state index contributed by atoms with van der Waals surface area (Å²) in [5, 5.41) is 0.114. The van der Waals surface area contributed by atoms with Gasteiger partial charge < -0.3 is 10.5 Å². The summed E-state index contributed by atoms with van der Waals surface area (Å²) in [5.41, 5.74) is 9.01. The van der Waals surface area contributed by atoms with Gasteiger partial charge in [0.1, 0.15) is 18.2 Å². The van der Waals surface area contributed by atoms with Gasteiger partial charge in [-0.2, -0.15) is 0 Å². The largest absolute Gasteiger partial charge is 0.489 e. The molecule has 0 fully saturated rings. The molecule has 0 saturated heterocycles. The Labute approximate surface area is 128 Å². The maximum atomic E-state index is 13.8. The highest BCUT2D eigenvalue weighted by molar-refractivity contribution is 6.30. The number of benzene rings is 2. The first-order valence-electron chi connectivity index (χ1n) is 7.09. The fourth-order valence-electron chi connectivity index (χ4n) is 2.72. The first kappa shape index (κ1) is 14.4. The Morgan fingerprint density at radius 3 is 3.00 bits per heavy atom. The number of hydrogen-bond donors (Lipinski definition) is 1. The minimum absolute atomic E-state index is 0.0696. The van der Waals surface area contributed by atoms with Crippen molar-refractivity contribution in [2.24, 2.45) is 5.73 Å². The van der Waals surface area contributed by atoms with Crippen molar-refractivity contribution in [2.75, 3.05) is 0 Å². The van der Waals surface area contributed by atoms with Gasteiger partial charge >= 0.3 is 0 Å². The van der Waals surface area contributed by atoms with Gasteiger partial charge in [0.15, 0.2) is 0 Å². The van der Waals surface area contributed by atoms with Crippen molar-refractivity contribution in [2.45, 2.75) is 31.9 Å². The van der Waals surface area contributed by atoms with Crippen LogP contribution < -0.4 is 10.5 Å². The number of fused-ring (bicyclic) bond motifs is 1. The van der Waals surface area contributed by atoms with E-state index >= 15 is 0 Å². The fraction of sp³-hybridized carbons (Fsp3) is 0.294. The van der Waals surface area contributed by atoms with E-state index in [1.54, 1.807) is 12.1 Å². The number of hydrogen-bond acceptors (Lipinski definition) is 2. The van der Waals surface area contributed by atoms with Gasteiger partial charge in [0.05, 0.1) is 5.02 Å². The summed E-state index contributed by atoms with van der Waals surface area (Å²) in [6, 6.07) is 10.9. The summed E-state index contributed by atoms with van der Waals surface area (Å²) in [5.74, 6) is 0.291. The van der Waals surface area contributed by atoms with Gasteiger partial charge in [-0.1, -0.05) is 29.8 Å². The average molecular weight is 306 g/mol. The number of ether oxygens (including phenoxy) is 1. The van der Waals surface area contributed by atoms with Crippen molar-refractivity contribution in [1.29, 1.82) is 0 Å². The molecule has 2 aromatic rings. The molecule has 0 unspecified atom stereocenters. The molecule has 1 aliphatic carbocycles. The quantitative estimate of drug-likeness (QED) is 0.912. The topological polar surface area (TPSA) is 35.2 Å². The average Bonchev–Trinajstić information content (AvgIpc) is 2.49. The molecule has 2 N–H and O–H groups in total. The highest BCUT2D eigenvalue weighted by Gasteiger charge is 2.17. The van der Waals surface area contributed by atoms with Gasteiger partial charge in [-0.3, -0.25) is 0 Å². The lowest BCUT2D eigenvalue weighted by Crippen LogP contribution is -2.17. The molecule has 1 atom stereocenters. The summed E-state index contributed by atoms with van der Waals surface area (Å²) in [7, 11) is 0. The minimum Gasteiger partial charge on any atom is -0.489 e. The summed E-state index contributed by atoms with van der Waals surface area (Å²) >= 11 is 5.76. The third-order valence-electron chi connectivity index (χ3n) is 3.90. The van der Waals surface area contributed by atoms with Crippen molar-refractivity contribution in [3.05, 3.63) is 63.9 Å². The van der Waals surface area contributed by atoms with Crippen molar-refractivity contribution in [3.8, 4) is 5.75 Å². The molecule has 0 bridgehead atoms. The maximum absolute atomic E-state index is 13.8. The fourth-order valence-corrected chi connectivity index (χ4v) is 2.92. The molecular weight excluding hydrogens is 289 g/mol. The van der Waals surface area contributed by atoms with E-state index in [-0.39, 0.29) is 17.7 Å². The molecule has 0 aliphatic heterocycles. The first-order valence-corrected chi connectivity index (χ1v) is 7.47. The molecule has 4 heteroatoms. The van der Waals surface area contributed by atoms with Crippen LogP contribution in [0, 0.1) is 5.82 Å². The Morgan fingerprint density at radius 2 is 2.14 bits per heavy atom. The summed E-state index contributed by atoms with van der Waals surface area (Å²) in [6.45, 7) is 0.153. The van der Waals surface area contributed by atoms with E-state index < -0.39 is 5.82 Å². The summed E-state index contributed by atoms with van der Waals surface area (Å²) in [6.07, 6.45) is 3.19. The second-order valence-electron chi connectivity index (χ2n) is 5.36. The van der Waals surface area contributed by atoms with Crippen LogP contribution in [-0.2, 0) is 13.0 Å². The van der Waals surface area contributed by atoms with Crippen molar-refractivity contribution in [3.63, 3.8) is 0 Å². The molecule has 0 aromatic heterocycles. The van der Waals surface area contributed by atoms with E-state index in [0.717, 1.165) is 24.8 Å². The molecule has 2 aromatic carbocycles. The second kappa shape index (κ2) is 6.04. The highest BCUT2D eigenvalue weighted by Crippen LogP contribution is 2.31. The van der Waals surface area contributed by atoms with E-state index in [2.05, 4.69) is 6.07 Å². The van der Waals surface area contributed by atoms with Crippen LogP contribution >= 0.6 is 11.6 Å². The molecular formula is C17H17ClFNO. The molecule has 3 rings (SSSR count). The van der Waals surface area contributed by atoms with E-state index in [4.69, 9.17) is 22.1 Å². The van der Waals surface area contributed by atoms with E-state index in [1.165, 1.54) is 11.6 Å². The smallest absolute Gasteiger partial charge is 0.148 e. The molecule has 0 spiro atoms. The third kappa shape index (κ3) is 3.04. The molecule has 0 saturated carbocycles. The number of aryl methyl sites for hydroxylation is 1. The third-order valence-corrected chi connectivity index (χ3v) is 4.20. The Balaban J connectivity index is 1.77. The van der Waals surface area contributed by atoms with Crippen LogP contribution in [0.25, 0.3) is 0 Å². The second-order valence-corrected chi connectivity index (χ2v) is 5.77. The molecule has 2 nitrogen and oxygen atoms in total. The van der Waals surface area contributed by atoms with E-state index in [0.29, 0.717) is 11.3 Å². The first-order chi connectivity index (χ1) is 10.1. The monoisotopic (exact) mass is 305 g/mol. The standard InChI is InChI=1S/C17H17ClFNO/c18-15-5-1-4-12(17(15)19)10-21-13-8-7-11-3-2-6-16(20)14(11)9-13/h1,4-5,7-9,16H,2-3,6,10,20H2/t16-/m0/s1. The molecule has 21 heavy (non-hydrogen) atoms. The van der Waals surface area contributed by atoms with Crippen LogP contribution in [0.15, 0.2) is 36.4 Å². The van der Waals surface area contributed by atoms with Crippen molar-refractivity contribution in [1.82, 2.24) is 0 Å². The Bertz CT molecular complexity index is 659. The minimum atomic E-state index is -0.422. The molecule has 0 heterocycles. The lowest BCUT2D eigenvalue weighted by atomic mass is 9.88.